The standard InChI is InChI=1S/C13H17N3O2S/c1-8-13(18)16-10-7-9(4-5-11(10)19-8)15-12(17)3-2-6-14/h4-5,7-8H,2-3,6,14H2,1H3,(H,15,17)(H,16,18). The van der Waals surface area contributed by atoms with E-state index in [9.17, 15) is 9.59 Å². The van der Waals surface area contributed by atoms with Gasteiger partial charge in [-0.05, 0) is 38.1 Å². The Morgan fingerprint density at radius 3 is 3.05 bits per heavy atom. The minimum absolute atomic E-state index is 0.0101. The molecule has 0 saturated heterocycles. The van der Waals surface area contributed by atoms with Crippen LogP contribution in [0.1, 0.15) is 19.8 Å². The number of amides is 2. The molecular weight excluding hydrogens is 262 g/mol. The molecule has 0 saturated carbocycles. The first-order valence-electron chi connectivity index (χ1n) is 6.21. The fourth-order valence-electron chi connectivity index (χ4n) is 1.77. The molecule has 6 heteroatoms. The third kappa shape index (κ3) is 3.48. The van der Waals surface area contributed by atoms with Gasteiger partial charge in [-0.2, -0.15) is 0 Å². The van der Waals surface area contributed by atoms with Crippen LogP contribution in [-0.2, 0) is 9.59 Å². The van der Waals surface area contributed by atoms with Crippen LogP contribution < -0.4 is 16.4 Å². The van der Waals surface area contributed by atoms with E-state index < -0.39 is 0 Å². The van der Waals surface area contributed by atoms with E-state index in [0.717, 1.165) is 10.6 Å². The number of fused-ring (bicyclic) bond motifs is 1. The van der Waals surface area contributed by atoms with Gasteiger partial charge in [0.2, 0.25) is 11.8 Å². The molecule has 5 nitrogen and oxygen atoms in total. The van der Waals surface area contributed by atoms with E-state index in [1.165, 1.54) is 11.8 Å². The monoisotopic (exact) mass is 279 g/mol. The fourth-order valence-corrected chi connectivity index (χ4v) is 2.70. The number of anilines is 2. The second kappa shape index (κ2) is 6.08. The van der Waals surface area contributed by atoms with Crippen LogP contribution in [0.2, 0.25) is 0 Å². The fraction of sp³-hybridized carbons (Fsp3) is 0.385. The summed E-state index contributed by atoms with van der Waals surface area (Å²) in [5.41, 5.74) is 6.80. The van der Waals surface area contributed by atoms with Gasteiger partial charge in [-0.25, -0.2) is 0 Å². The second-order valence-corrected chi connectivity index (χ2v) is 5.78. The molecule has 1 aromatic rings. The van der Waals surface area contributed by atoms with Crippen molar-refractivity contribution in [1.29, 1.82) is 0 Å². The van der Waals surface area contributed by atoms with Gasteiger partial charge in [0.1, 0.15) is 0 Å². The lowest BCUT2D eigenvalue weighted by Crippen LogP contribution is -2.26. The molecule has 1 atom stereocenters. The number of hydrogen-bond donors (Lipinski definition) is 3. The first kappa shape index (κ1) is 13.9. The lowest BCUT2D eigenvalue weighted by molar-refractivity contribution is -0.116. The highest BCUT2D eigenvalue weighted by molar-refractivity contribution is 8.00. The van der Waals surface area contributed by atoms with Crippen LogP contribution >= 0.6 is 11.8 Å². The molecule has 1 aliphatic heterocycles. The predicted molar refractivity (Wildman–Crippen MR) is 77.3 cm³/mol. The van der Waals surface area contributed by atoms with E-state index in [-0.39, 0.29) is 17.1 Å². The quantitative estimate of drug-likeness (QED) is 0.784. The number of hydrogen-bond acceptors (Lipinski definition) is 4. The first-order valence-corrected chi connectivity index (χ1v) is 7.09. The van der Waals surface area contributed by atoms with Gasteiger partial charge < -0.3 is 16.4 Å². The Morgan fingerprint density at radius 2 is 2.32 bits per heavy atom. The molecule has 1 unspecified atom stereocenters. The Hall–Kier alpha value is -1.53. The maximum absolute atomic E-state index is 11.6. The van der Waals surface area contributed by atoms with Gasteiger partial charge in [-0.1, -0.05) is 0 Å². The number of nitrogens with two attached hydrogens (primary N) is 1. The molecular formula is C13H17N3O2S. The molecule has 2 rings (SSSR count). The predicted octanol–water partition coefficient (Wildman–Crippen LogP) is 1.80. The van der Waals surface area contributed by atoms with Gasteiger partial charge in [0.25, 0.3) is 0 Å². The Kier molecular flexibility index (Phi) is 4.44. The van der Waals surface area contributed by atoms with E-state index >= 15 is 0 Å². The average molecular weight is 279 g/mol. The van der Waals surface area contributed by atoms with E-state index in [1.807, 2.05) is 19.1 Å². The van der Waals surface area contributed by atoms with Gasteiger partial charge in [0.15, 0.2) is 0 Å². The highest BCUT2D eigenvalue weighted by Crippen LogP contribution is 2.36. The largest absolute Gasteiger partial charge is 0.330 e. The first-order chi connectivity index (χ1) is 9.10. The Morgan fingerprint density at radius 1 is 1.53 bits per heavy atom. The van der Waals surface area contributed by atoms with Crippen LogP contribution in [0.25, 0.3) is 0 Å². The minimum atomic E-state index is -0.0857. The van der Waals surface area contributed by atoms with Crippen molar-refractivity contribution in [1.82, 2.24) is 0 Å². The summed E-state index contributed by atoms with van der Waals surface area (Å²) in [5.74, 6) is -0.0716. The number of thioether (sulfide) groups is 1. The van der Waals surface area contributed by atoms with E-state index in [0.29, 0.717) is 25.1 Å². The molecule has 0 aromatic heterocycles. The summed E-state index contributed by atoms with van der Waals surface area (Å²) in [6.45, 7) is 2.37. The number of benzene rings is 1. The molecule has 1 aliphatic rings. The summed E-state index contributed by atoms with van der Waals surface area (Å²) in [6, 6.07) is 5.54. The van der Waals surface area contributed by atoms with Crippen molar-refractivity contribution in [3.05, 3.63) is 18.2 Å². The van der Waals surface area contributed by atoms with E-state index in [1.54, 1.807) is 6.07 Å². The molecule has 102 valence electrons. The highest BCUT2D eigenvalue weighted by atomic mass is 32.2. The van der Waals surface area contributed by atoms with Gasteiger partial charge in [-0.3, -0.25) is 9.59 Å². The van der Waals surface area contributed by atoms with Crippen LogP contribution in [0.3, 0.4) is 0 Å². The van der Waals surface area contributed by atoms with E-state index in [2.05, 4.69) is 10.6 Å². The molecule has 0 spiro atoms. The molecule has 2 amide bonds. The third-order valence-corrected chi connectivity index (χ3v) is 3.98. The number of carbonyl (C=O) groups excluding carboxylic acids is 2. The molecule has 0 bridgehead atoms. The zero-order chi connectivity index (χ0) is 13.8. The van der Waals surface area contributed by atoms with Crippen LogP contribution in [0.15, 0.2) is 23.1 Å². The number of nitrogens with one attached hydrogen (secondary N) is 2. The molecule has 1 aromatic carbocycles. The second-order valence-electron chi connectivity index (χ2n) is 4.40. The smallest absolute Gasteiger partial charge is 0.237 e. The lowest BCUT2D eigenvalue weighted by atomic mass is 10.2. The number of carbonyl (C=O) groups is 2. The van der Waals surface area contributed by atoms with Crippen molar-refractivity contribution in [3.8, 4) is 0 Å². The Bertz CT molecular complexity index is 505. The van der Waals surface area contributed by atoms with Crippen molar-refractivity contribution >= 4 is 35.0 Å². The van der Waals surface area contributed by atoms with Crippen molar-refractivity contribution in [2.24, 2.45) is 5.73 Å². The van der Waals surface area contributed by atoms with Crippen molar-refractivity contribution in [3.63, 3.8) is 0 Å². The number of rotatable bonds is 4. The molecule has 19 heavy (non-hydrogen) atoms. The molecule has 1 heterocycles. The topological polar surface area (TPSA) is 84.2 Å². The summed E-state index contributed by atoms with van der Waals surface area (Å²) < 4.78 is 0. The van der Waals surface area contributed by atoms with Gasteiger partial charge in [0.05, 0.1) is 10.9 Å². The average Bonchev–Trinajstić information content (AvgIpc) is 2.38. The summed E-state index contributed by atoms with van der Waals surface area (Å²) in [5, 5.41) is 5.55. The maximum atomic E-state index is 11.6. The molecule has 0 fully saturated rings. The van der Waals surface area contributed by atoms with Crippen LogP contribution in [0.4, 0.5) is 11.4 Å². The summed E-state index contributed by atoms with van der Waals surface area (Å²) in [4.78, 5) is 24.2. The summed E-state index contributed by atoms with van der Waals surface area (Å²) in [6.07, 6.45) is 1.08. The zero-order valence-electron chi connectivity index (χ0n) is 10.7. The summed E-state index contributed by atoms with van der Waals surface area (Å²) in [7, 11) is 0. The summed E-state index contributed by atoms with van der Waals surface area (Å²) >= 11 is 1.52. The maximum Gasteiger partial charge on any atom is 0.237 e. The third-order valence-electron chi connectivity index (χ3n) is 2.80. The Labute approximate surface area is 116 Å². The highest BCUT2D eigenvalue weighted by Gasteiger charge is 2.23. The zero-order valence-corrected chi connectivity index (χ0v) is 11.5. The van der Waals surface area contributed by atoms with Gasteiger partial charge >= 0.3 is 0 Å². The van der Waals surface area contributed by atoms with Crippen molar-refractivity contribution in [2.45, 2.75) is 29.9 Å². The lowest BCUT2D eigenvalue weighted by Gasteiger charge is -2.21. The molecule has 0 aliphatic carbocycles. The van der Waals surface area contributed by atoms with Crippen LogP contribution in [-0.4, -0.2) is 23.6 Å². The SMILES string of the molecule is CC1Sc2ccc(NC(=O)CCCN)cc2NC1=O. The van der Waals surface area contributed by atoms with Gasteiger partial charge in [0, 0.05) is 17.0 Å². The minimum Gasteiger partial charge on any atom is -0.330 e. The van der Waals surface area contributed by atoms with Crippen LogP contribution in [0, 0.1) is 0 Å². The van der Waals surface area contributed by atoms with Gasteiger partial charge in [-0.15, -0.1) is 11.8 Å². The normalized spacial score (nSPS) is 17.6. The molecule has 4 N–H and O–H groups in total. The molecule has 0 radical (unpaired) electrons. The Balaban J connectivity index is 2.07. The van der Waals surface area contributed by atoms with E-state index in [4.69, 9.17) is 5.73 Å². The van der Waals surface area contributed by atoms with Crippen molar-refractivity contribution in [2.75, 3.05) is 17.2 Å². The van der Waals surface area contributed by atoms with Crippen LogP contribution in [0.5, 0.6) is 0 Å². The van der Waals surface area contributed by atoms with Crippen molar-refractivity contribution < 1.29 is 9.59 Å².